The maximum atomic E-state index is 13.9. The molecule has 0 aliphatic heterocycles. The second kappa shape index (κ2) is 11.0. The second-order valence-corrected chi connectivity index (χ2v) is 13.5. The van der Waals surface area contributed by atoms with Gasteiger partial charge < -0.3 is 14.2 Å². The van der Waals surface area contributed by atoms with Gasteiger partial charge in [0.15, 0.2) is 0 Å². The molecule has 0 saturated heterocycles. The molecule has 3 aliphatic rings. The van der Waals surface area contributed by atoms with Gasteiger partial charge in [-0.1, -0.05) is 22.9 Å². The van der Waals surface area contributed by atoms with E-state index < -0.39 is 9.71 Å². The Balaban J connectivity index is 1.41. The van der Waals surface area contributed by atoms with Crippen LogP contribution in [0.25, 0.3) is 17.0 Å². The number of benzene rings is 1. The Hall–Kier alpha value is -2.93. The highest BCUT2D eigenvalue weighted by Crippen LogP contribution is 2.42. The molecule has 3 atom stereocenters. The van der Waals surface area contributed by atoms with Gasteiger partial charge in [0.1, 0.15) is 11.8 Å². The number of aromatic nitrogens is 2. The fraction of sp³-hybridized carbons (Fsp3) is 0.517. The summed E-state index contributed by atoms with van der Waals surface area (Å²) < 4.78 is 29.0. The minimum absolute atomic E-state index is 0.0275. The Labute approximate surface area is 225 Å². The van der Waals surface area contributed by atoms with Crippen LogP contribution < -0.4 is 9.46 Å². The molecule has 202 valence electrons. The average molecular weight is 536 g/mol. The minimum Gasteiger partial charge on any atom is -0.490 e. The molecule has 0 amide bonds. The Morgan fingerprint density at radius 2 is 2.08 bits per heavy atom. The van der Waals surface area contributed by atoms with Gasteiger partial charge in [0.2, 0.25) is 5.82 Å². The summed E-state index contributed by atoms with van der Waals surface area (Å²) in [5.74, 6) is 2.44. The van der Waals surface area contributed by atoms with Gasteiger partial charge >= 0.3 is 0 Å². The molecule has 3 aliphatic carbocycles. The van der Waals surface area contributed by atoms with Crippen molar-refractivity contribution in [1.82, 2.24) is 19.8 Å². The predicted octanol–water partition coefficient (Wildman–Crippen LogP) is 4.59. The molecule has 9 heteroatoms. The smallest absolute Gasteiger partial charge is 0.258 e. The lowest BCUT2D eigenvalue weighted by atomic mass is 9.93. The molecule has 1 aromatic heterocycles. The molecule has 1 N–H and O–H groups in total. The summed E-state index contributed by atoms with van der Waals surface area (Å²) in [7, 11) is 1.89. The first-order valence-corrected chi connectivity index (χ1v) is 15.2. The Bertz CT molecular complexity index is 1420. The van der Waals surface area contributed by atoms with E-state index in [1.54, 1.807) is 12.1 Å². The quantitative estimate of drug-likeness (QED) is 0.468. The molecule has 38 heavy (non-hydrogen) atoms. The van der Waals surface area contributed by atoms with Crippen molar-refractivity contribution in [2.45, 2.75) is 64.5 Å². The molecule has 2 unspecified atom stereocenters. The van der Waals surface area contributed by atoms with Crippen molar-refractivity contribution in [3.05, 3.63) is 47.3 Å². The number of nitrogens with one attached hydrogen (secondary N) is 1. The number of nitriles is 1. The van der Waals surface area contributed by atoms with Crippen LogP contribution in [0.5, 0.6) is 5.75 Å². The molecule has 0 bridgehead atoms. The summed E-state index contributed by atoms with van der Waals surface area (Å²) in [5, 5.41) is 13.9. The topological polar surface area (TPSA) is 104 Å². The van der Waals surface area contributed by atoms with Gasteiger partial charge in [0.25, 0.3) is 5.89 Å². The van der Waals surface area contributed by atoms with Gasteiger partial charge in [-0.25, -0.2) is 4.72 Å². The molecule has 8 nitrogen and oxygen atoms in total. The zero-order chi connectivity index (χ0) is 26.9. The van der Waals surface area contributed by atoms with Gasteiger partial charge in [0.05, 0.1) is 11.7 Å². The van der Waals surface area contributed by atoms with E-state index in [9.17, 15) is 9.47 Å². The van der Waals surface area contributed by atoms with Crippen molar-refractivity contribution in [3.8, 4) is 23.3 Å². The fourth-order valence-corrected chi connectivity index (χ4v) is 8.10. The van der Waals surface area contributed by atoms with E-state index in [-0.39, 0.29) is 12.1 Å². The van der Waals surface area contributed by atoms with Crippen molar-refractivity contribution in [3.63, 3.8) is 0 Å². The lowest BCUT2D eigenvalue weighted by Gasteiger charge is -2.25. The van der Waals surface area contributed by atoms with Crippen molar-refractivity contribution in [1.29, 1.82) is 5.26 Å². The molecule has 1 aromatic carbocycles. The highest BCUT2D eigenvalue weighted by Gasteiger charge is 2.37. The van der Waals surface area contributed by atoms with Gasteiger partial charge in [-0.05, 0) is 95.4 Å². The highest BCUT2D eigenvalue weighted by molar-refractivity contribution is 8.01. The zero-order valence-corrected chi connectivity index (χ0v) is 23.5. The molecule has 2 fully saturated rings. The number of hydrogen-bond acceptors (Lipinski definition) is 7. The third-order valence-corrected chi connectivity index (χ3v) is 10.2. The number of hydrogen-bond donors (Lipinski definition) is 1. The lowest BCUT2D eigenvalue weighted by Crippen LogP contribution is -2.42. The molecular formula is C29H37N5O3S. The molecule has 0 spiro atoms. The van der Waals surface area contributed by atoms with E-state index in [1.807, 2.05) is 34.0 Å². The van der Waals surface area contributed by atoms with Gasteiger partial charge in [-0.15, -0.1) is 0 Å². The molecular weight excluding hydrogens is 498 g/mol. The number of fused-ring (bicyclic) bond motifs is 1. The van der Waals surface area contributed by atoms with Crippen LogP contribution in [0.2, 0.25) is 0 Å². The summed E-state index contributed by atoms with van der Waals surface area (Å²) in [6.45, 7) is 4.67. The summed E-state index contributed by atoms with van der Waals surface area (Å²) in [4.78, 5) is 8.04. The highest BCUT2D eigenvalue weighted by atomic mass is 32.2. The summed E-state index contributed by atoms with van der Waals surface area (Å²) in [6, 6.07) is 7.73. The van der Waals surface area contributed by atoms with Crippen molar-refractivity contribution >= 4 is 20.1 Å². The average Bonchev–Trinajstić information content (AvgIpc) is 3.59. The minimum atomic E-state index is -2.17. The van der Waals surface area contributed by atoms with Gasteiger partial charge in [-0.3, -0.25) is 4.21 Å². The molecule has 2 aromatic rings. The van der Waals surface area contributed by atoms with Crippen LogP contribution in [0.1, 0.15) is 63.8 Å². The summed E-state index contributed by atoms with van der Waals surface area (Å²) in [6.07, 6.45) is 10.1. The largest absolute Gasteiger partial charge is 0.490 e. The third-order valence-electron chi connectivity index (χ3n) is 7.40. The number of allylic oxidation sites excluding steroid dienone is 3. The van der Waals surface area contributed by atoms with Crippen LogP contribution in [-0.4, -0.2) is 62.7 Å². The zero-order valence-electron chi connectivity index (χ0n) is 22.7. The Morgan fingerprint density at radius 3 is 2.79 bits per heavy atom. The van der Waals surface area contributed by atoms with Crippen LogP contribution in [-0.2, 0) is 9.71 Å². The van der Waals surface area contributed by atoms with E-state index in [1.165, 1.54) is 10.4 Å². The normalized spacial score (nSPS) is 22.4. The lowest BCUT2D eigenvalue weighted by molar-refractivity contribution is 0.241. The Kier molecular flexibility index (Phi) is 7.75. The Morgan fingerprint density at radius 1 is 1.26 bits per heavy atom. The van der Waals surface area contributed by atoms with E-state index in [0.717, 1.165) is 50.6 Å². The summed E-state index contributed by atoms with van der Waals surface area (Å²) >= 11 is 0. The van der Waals surface area contributed by atoms with E-state index in [0.29, 0.717) is 40.3 Å². The maximum Gasteiger partial charge on any atom is 0.258 e. The van der Waals surface area contributed by atoms with E-state index in [4.69, 9.17) is 14.2 Å². The van der Waals surface area contributed by atoms with Crippen LogP contribution in [0, 0.1) is 17.2 Å². The van der Waals surface area contributed by atoms with Gasteiger partial charge in [0, 0.05) is 39.2 Å². The first-order valence-electron chi connectivity index (χ1n) is 13.5. The number of ether oxygens (including phenoxy) is 1. The van der Waals surface area contributed by atoms with Crippen molar-refractivity contribution in [2.75, 3.05) is 26.4 Å². The van der Waals surface area contributed by atoms with Crippen LogP contribution in [0.4, 0.5) is 0 Å². The van der Waals surface area contributed by atoms with Crippen LogP contribution >= 0.6 is 0 Å². The van der Waals surface area contributed by atoms with Gasteiger partial charge in [-0.2, -0.15) is 10.2 Å². The third kappa shape index (κ3) is 5.73. The van der Waals surface area contributed by atoms with E-state index >= 15 is 0 Å². The first kappa shape index (κ1) is 26.7. The standard InChI is InChI=1S/C29H37N5O3S/c1-19(2)36-27-14-9-20(17-21(27)18-30)29-31-28(32-37-29)25-8-6-5-7-24-23(25)12-13-26(24)33-38(35,22-10-11-22)16-15-34(3)4/h6,8-9,14,17,19,24,26H,5,7,10-13,15-16H2,1-4H3,(H,33,35)/t24?,26-,38?/m0/s1. The number of nitrogens with zero attached hydrogens (tertiary/aromatic N) is 4. The molecule has 2 saturated carbocycles. The second-order valence-electron chi connectivity index (χ2n) is 10.9. The molecule has 1 heterocycles. The molecule has 0 radical (unpaired) electrons. The van der Waals surface area contributed by atoms with Crippen LogP contribution in [0.3, 0.4) is 0 Å². The SMILES string of the molecule is CC(C)Oc1ccc(-c2nc(C3=C4CC[C@H](NS(=O)(CCN(C)C)=C5CC5)C4CCC=C3)no2)cc1C#N. The van der Waals surface area contributed by atoms with Crippen LogP contribution in [0.15, 0.2) is 40.4 Å². The number of rotatable bonds is 9. The van der Waals surface area contributed by atoms with Crippen molar-refractivity contribution < 1.29 is 13.5 Å². The maximum absolute atomic E-state index is 13.9. The monoisotopic (exact) mass is 535 g/mol. The molecule has 5 rings (SSSR count). The van der Waals surface area contributed by atoms with E-state index in [2.05, 4.69) is 33.0 Å². The first-order chi connectivity index (χ1) is 18.3. The predicted molar refractivity (Wildman–Crippen MR) is 151 cm³/mol. The fourth-order valence-electron chi connectivity index (χ4n) is 5.37. The summed E-state index contributed by atoms with van der Waals surface area (Å²) in [5.41, 5.74) is 3.44. The van der Waals surface area contributed by atoms with Crippen molar-refractivity contribution in [2.24, 2.45) is 5.92 Å².